The first-order chi connectivity index (χ1) is 9.43. The maximum Gasteiger partial charge on any atom is 0.306 e. The summed E-state index contributed by atoms with van der Waals surface area (Å²) in [5.41, 5.74) is 0.522. The molecule has 0 radical (unpaired) electrons. The molecular weight excluding hydrogens is 250 g/mol. The summed E-state index contributed by atoms with van der Waals surface area (Å²) in [5.74, 6) is 1.32. The summed E-state index contributed by atoms with van der Waals surface area (Å²) in [5, 5.41) is 3.35. The molecule has 0 aromatic heterocycles. The Bertz CT molecular complexity index is 386. The number of fused-ring (bicyclic) bond motifs is 2. The molecule has 2 saturated carbocycles. The molecule has 3 heteroatoms. The number of rotatable bonds is 3. The van der Waals surface area contributed by atoms with Crippen LogP contribution in [-0.2, 0) is 9.53 Å². The van der Waals surface area contributed by atoms with Gasteiger partial charge in [0.2, 0.25) is 0 Å². The molecule has 3 rings (SSSR count). The van der Waals surface area contributed by atoms with Crippen LogP contribution in [0.3, 0.4) is 0 Å². The maximum absolute atomic E-state index is 12.3. The lowest BCUT2D eigenvalue weighted by Crippen LogP contribution is -2.39. The van der Waals surface area contributed by atoms with Gasteiger partial charge in [-0.15, -0.1) is 0 Å². The predicted octanol–water partition coefficient (Wildman–Crippen LogP) is 3.13. The number of esters is 1. The van der Waals surface area contributed by atoms with Crippen LogP contribution in [0.4, 0.5) is 0 Å². The lowest BCUT2D eigenvalue weighted by molar-refractivity contribution is -0.158. The fraction of sp³-hybridized carbons (Fsp3) is 0.941. The second-order valence-corrected chi connectivity index (χ2v) is 7.99. The first kappa shape index (κ1) is 14.4. The Labute approximate surface area is 122 Å². The van der Waals surface area contributed by atoms with Crippen molar-refractivity contribution in [2.24, 2.45) is 22.7 Å². The highest BCUT2D eigenvalue weighted by atomic mass is 16.5. The molecule has 1 aliphatic heterocycles. The second-order valence-electron chi connectivity index (χ2n) is 7.99. The Hall–Kier alpha value is -0.570. The zero-order valence-corrected chi connectivity index (χ0v) is 13.2. The van der Waals surface area contributed by atoms with E-state index in [0.29, 0.717) is 17.8 Å². The zero-order valence-electron chi connectivity index (χ0n) is 13.2. The number of hydrogen-bond acceptors (Lipinski definition) is 3. The van der Waals surface area contributed by atoms with E-state index in [1.54, 1.807) is 0 Å². The molecule has 1 heterocycles. The SMILES string of the molecule is CC1(C)C2CCC1(C)C(OC(=O)CC1CCNCC1)C2. The minimum Gasteiger partial charge on any atom is -0.462 e. The van der Waals surface area contributed by atoms with Crippen LogP contribution in [0, 0.1) is 22.7 Å². The Kier molecular flexibility index (Phi) is 3.60. The number of carbonyl (C=O) groups is 1. The van der Waals surface area contributed by atoms with E-state index in [1.165, 1.54) is 12.8 Å². The van der Waals surface area contributed by atoms with E-state index in [2.05, 4.69) is 26.1 Å². The molecule has 0 amide bonds. The van der Waals surface area contributed by atoms with Crippen molar-refractivity contribution >= 4 is 5.97 Å². The highest BCUT2D eigenvalue weighted by Gasteiger charge is 2.62. The molecule has 1 N–H and O–H groups in total. The number of nitrogens with one attached hydrogen (secondary N) is 1. The summed E-state index contributed by atoms with van der Waals surface area (Å²) < 4.78 is 5.93. The average Bonchev–Trinajstić information content (AvgIpc) is 2.73. The van der Waals surface area contributed by atoms with Gasteiger partial charge in [-0.25, -0.2) is 0 Å². The van der Waals surface area contributed by atoms with Crippen LogP contribution in [0.2, 0.25) is 0 Å². The van der Waals surface area contributed by atoms with Crippen molar-refractivity contribution in [1.82, 2.24) is 5.32 Å². The molecule has 2 aliphatic carbocycles. The van der Waals surface area contributed by atoms with Crippen LogP contribution in [0.15, 0.2) is 0 Å². The van der Waals surface area contributed by atoms with Crippen molar-refractivity contribution in [3.8, 4) is 0 Å². The smallest absolute Gasteiger partial charge is 0.306 e. The third-order valence-electron chi connectivity index (χ3n) is 6.90. The van der Waals surface area contributed by atoms with Crippen LogP contribution in [0.1, 0.15) is 59.3 Å². The van der Waals surface area contributed by atoms with Crippen molar-refractivity contribution < 1.29 is 9.53 Å². The molecule has 1 saturated heterocycles. The van der Waals surface area contributed by atoms with Gasteiger partial charge in [-0.05, 0) is 62.4 Å². The standard InChI is InChI=1S/C17H29NO2/c1-16(2)13-4-7-17(16,3)14(11-13)20-15(19)10-12-5-8-18-9-6-12/h12-14,18H,4-11H2,1-3H3. The van der Waals surface area contributed by atoms with Gasteiger partial charge in [0.25, 0.3) is 0 Å². The molecule has 20 heavy (non-hydrogen) atoms. The number of ether oxygens (including phenoxy) is 1. The molecule has 3 fully saturated rings. The van der Waals surface area contributed by atoms with Gasteiger partial charge in [-0.1, -0.05) is 20.8 Å². The van der Waals surface area contributed by atoms with Crippen molar-refractivity contribution in [2.75, 3.05) is 13.1 Å². The minimum absolute atomic E-state index is 0.0477. The monoisotopic (exact) mass is 279 g/mol. The Morgan fingerprint density at radius 1 is 1.20 bits per heavy atom. The van der Waals surface area contributed by atoms with Gasteiger partial charge in [-0.2, -0.15) is 0 Å². The summed E-state index contributed by atoms with van der Waals surface area (Å²) >= 11 is 0. The van der Waals surface area contributed by atoms with Crippen molar-refractivity contribution in [1.29, 1.82) is 0 Å². The molecule has 0 aromatic rings. The summed E-state index contributed by atoms with van der Waals surface area (Å²) in [6.45, 7) is 9.17. The van der Waals surface area contributed by atoms with Crippen LogP contribution >= 0.6 is 0 Å². The quantitative estimate of drug-likeness (QED) is 0.807. The lowest BCUT2D eigenvalue weighted by atomic mass is 9.70. The van der Waals surface area contributed by atoms with E-state index in [0.717, 1.165) is 38.3 Å². The number of hydrogen-bond donors (Lipinski definition) is 1. The van der Waals surface area contributed by atoms with E-state index in [4.69, 9.17) is 4.74 Å². The molecule has 114 valence electrons. The highest BCUT2D eigenvalue weighted by Crippen LogP contribution is 2.66. The fourth-order valence-corrected chi connectivity index (χ4v) is 4.84. The van der Waals surface area contributed by atoms with Crippen molar-refractivity contribution in [3.63, 3.8) is 0 Å². The van der Waals surface area contributed by atoms with Crippen LogP contribution < -0.4 is 5.32 Å². The van der Waals surface area contributed by atoms with Gasteiger partial charge >= 0.3 is 5.97 Å². The normalized spacial score (nSPS) is 40.0. The topological polar surface area (TPSA) is 38.3 Å². The first-order valence-corrected chi connectivity index (χ1v) is 8.34. The molecule has 3 unspecified atom stereocenters. The van der Waals surface area contributed by atoms with Gasteiger partial charge in [0.1, 0.15) is 6.10 Å². The van der Waals surface area contributed by atoms with E-state index in [-0.39, 0.29) is 17.5 Å². The molecule has 3 aliphatic rings. The third-order valence-corrected chi connectivity index (χ3v) is 6.90. The average molecular weight is 279 g/mol. The Morgan fingerprint density at radius 3 is 2.45 bits per heavy atom. The fourth-order valence-electron chi connectivity index (χ4n) is 4.84. The van der Waals surface area contributed by atoms with E-state index < -0.39 is 0 Å². The first-order valence-electron chi connectivity index (χ1n) is 8.34. The van der Waals surface area contributed by atoms with Gasteiger partial charge in [-0.3, -0.25) is 4.79 Å². The third kappa shape index (κ3) is 2.18. The molecule has 0 aromatic carbocycles. The number of carbonyl (C=O) groups excluding carboxylic acids is 1. The maximum atomic E-state index is 12.3. The predicted molar refractivity (Wildman–Crippen MR) is 79.3 cm³/mol. The van der Waals surface area contributed by atoms with E-state index >= 15 is 0 Å². The minimum atomic E-state index is 0.0477. The summed E-state index contributed by atoms with van der Waals surface area (Å²) in [6, 6.07) is 0. The number of piperidine rings is 1. The molecular formula is C17H29NO2. The Balaban J connectivity index is 1.57. The van der Waals surface area contributed by atoms with Gasteiger partial charge in [0, 0.05) is 11.8 Å². The van der Waals surface area contributed by atoms with Crippen molar-refractivity contribution in [2.45, 2.75) is 65.4 Å². The summed E-state index contributed by atoms with van der Waals surface area (Å²) in [4.78, 5) is 12.3. The van der Waals surface area contributed by atoms with Crippen LogP contribution in [-0.4, -0.2) is 25.2 Å². The zero-order chi connectivity index (χ0) is 14.4. The summed E-state index contributed by atoms with van der Waals surface area (Å²) in [6.07, 6.45) is 6.63. The highest BCUT2D eigenvalue weighted by molar-refractivity contribution is 5.70. The molecule has 0 spiro atoms. The second kappa shape index (κ2) is 5.01. The van der Waals surface area contributed by atoms with E-state index in [1.807, 2.05) is 0 Å². The van der Waals surface area contributed by atoms with Gasteiger partial charge < -0.3 is 10.1 Å². The Morgan fingerprint density at radius 2 is 1.90 bits per heavy atom. The van der Waals surface area contributed by atoms with Crippen molar-refractivity contribution in [3.05, 3.63) is 0 Å². The lowest BCUT2D eigenvalue weighted by Gasteiger charge is -2.38. The summed E-state index contributed by atoms with van der Waals surface area (Å²) in [7, 11) is 0. The van der Waals surface area contributed by atoms with Crippen LogP contribution in [0.25, 0.3) is 0 Å². The molecule has 3 nitrogen and oxygen atoms in total. The van der Waals surface area contributed by atoms with Crippen LogP contribution in [0.5, 0.6) is 0 Å². The van der Waals surface area contributed by atoms with Gasteiger partial charge in [0.15, 0.2) is 0 Å². The molecule has 3 atom stereocenters. The molecule has 2 bridgehead atoms. The van der Waals surface area contributed by atoms with Gasteiger partial charge in [0.05, 0.1) is 0 Å². The van der Waals surface area contributed by atoms with E-state index in [9.17, 15) is 4.79 Å². The largest absolute Gasteiger partial charge is 0.462 e.